The highest BCUT2D eigenvalue weighted by molar-refractivity contribution is 6.30. The number of amides is 2. The zero-order chi connectivity index (χ0) is 23.2. The number of nitrogens with one attached hydrogen (secondary N) is 1. The summed E-state index contributed by atoms with van der Waals surface area (Å²) in [5.41, 5.74) is -1.86. The minimum absolute atomic E-state index is 0.0147. The predicted molar refractivity (Wildman–Crippen MR) is 115 cm³/mol. The van der Waals surface area contributed by atoms with Crippen molar-refractivity contribution in [1.82, 2.24) is 14.8 Å². The highest BCUT2D eigenvalue weighted by Crippen LogP contribution is 2.45. The molecular formula is C22H23ClFN3O5. The molecule has 1 aliphatic carbocycles. The number of carbonyl (C=O) groups excluding carboxylic acids is 2. The molecule has 2 aliphatic rings. The molecule has 0 atom stereocenters. The molecule has 10 heteroatoms. The molecule has 0 saturated heterocycles. The number of pyridine rings is 1. The van der Waals surface area contributed by atoms with E-state index in [1.54, 1.807) is 13.1 Å². The molecular weight excluding hydrogens is 441 g/mol. The zero-order valence-corrected chi connectivity index (χ0v) is 18.4. The Morgan fingerprint density at radius 3 is 2.78 bits per heavy atom. The number of ether oxygens (including phenoxy) is 1. The van der Waals surface area contributed by atoms with Crippen molar-refractivity contribution in [3.05, 3.63) is 62.3 Å². The van der Waals surface area contributed by atoms with Gasteiger partial charge in [-0.1, -0.05) is 23.7 Å². The number of benzene rings is 1. The molecule has 8 nitrogen and oxygen atoms in total. The summed E-state index contributed by atoms with van der Waals surface area (Å²) < 4.78 is 21.3. The summed E-state index contributed by atoms with van der Waals surface area (Å²) in [7, 11) is 1.60. The van der Waals surface area contributed by atoms with Crippen LogP contribution in [0, 0.1) is 5.82 Å². The van der Waals surface area contributed by atoms with E-state index in [4.69, 9.17) is 16.3 Å². The average molecular weight is 464 g/mol. The Morgan fingerprint density at radius 1 is 1.38 bits per heavy atom. The van der Waals surface area contributed by atoms with Gasteiger partial charge in [0.05, 0.1) is 16.7 Å². The van der Waals surface area contributed by atoms with Crippen LogP contribution >= 0.6 is 11.6 Å². The second-order valence-corrected chi connectivity index (χ2v) is 8.61. The van der Waals surface area contributed by atoms with Gasteiger partial charge in [0, 0.05) is 38.5 Å². The topological polar surface area (TPSA) is 101 Å². The number of aromatic nitrogens is 1. The molecule has 2 aromatic rings. The fourth-order valence-corrected chi connectivity index (χ4v) is 4.73. The van der Waals surface area contributed by atoms with Crippen LogP contribution < -0.4 is 10.7 Å². The van der Waals surface area contributed by atoms with Gasteiger partial charge in [0.2, 0.25) is 5.43 Å². The van der Waals surface area contributed by atoms with Gasteiger partial charge in [-0.3, -0.25) is 14.4 Å². The first-order chi connectivity index (χ1) is 15.2. The second kappa shape index (κ2) is 8.22. The molecule has 170 valence electrons. The van der Waals surface area contributed by atoms with Crippen LogP contribution in [-0.4, -0.2) is 52.7 Å². The second-order valence-electron chi connectivity index (χ2n) is 8.21. The largest absolute Gasteiger partial charge is 0.503 e. The van der Waals surface area contributed by atoms with Crippen LogP contribution in [0.1, 0.15) is 46.2 Å². The third-order valence-corrected chi connectivity index (χ3v) is 6.40. The van der Waals surface area contributed by atoms with Crippen molar-refractivity contribution in [2.45, 2.75) is 38.0 Å². The van der Waals surface area contributed by atoms with Crippen LogP contribution in [0.15, 0.2) is 29.2 Å². The Hall–Kier alpha value is -2.91. The molecule has 1 fully saturated rings. The maximum Gasteiger partial charge on any atom is 0.274 e. The van der Waals surface area contributed by atoms with Crippen molar-refractivity contribution in [1.29, 1.82) is 0 Å². The normalized spacial score (nSPS) is 21.9. The molecule has 0 bridgehead atoms. The molecule has 0 unspecified atom stereocenters. The summed E-state index contributed by atoms with van der Waals surface area (Å²) in [6.45, 7) is 2.60. The number of aromatic hydroxyl groups is 1. The summed E-state index contributed by atoms with van der Waals surface area (Å²) in [4.78, 5) is 39.7. The first kappa shape index (κ1) is 22.3. The number of rotatable bonds is 5. The van der Waals surface area contributed by atoms with Crippen LogP contribution in [-0.2, 0) is 16.8 Å². The van der Waals surface area contributed by atoms with E-state index in [1.807, 2.05) is 6.92 Å². The standard InChI is InChI=1S/C22H23ClFN3O5/c1-3-32-13-7-22(8-13)11-26(2)21(31)17-19(29)18(28)14(10-27(17)22)20(30)25-9-12-5-4-6-15(23)16(12)24/h4-6,10,13,29H,3,7-9,11H2,1-2H3,(H,25,30). The summed E-state index contributed by atoms with van der Waals surface area (Å²) in [5, 5.41) is 13.0. The fourth-order valence-electron chi connectivity index (χ4n) is 4.53. The number of hydrogen-bond acceptors (Lipinski definition) is 5. The highest BCUT2D eigenvalue weighted by Gasteiger charge is 2.52. The average Bonchev–Trinajstić information content (AvgIpc) is 2.73. The summed E-state index contributed by atoms with van der Waals surface area (Å²) >= 11 is 5.76. The van der Waals surface area contributed by atoms with Crippen LogP contribution in [0.5, 0.6) is 5.75 Å². The molecule has 1 aromatic heterocycles. The Bertz CT molecular complexity index is 1160. The number of hydrogen-bond donors (Lipinski definition) is 2. The van der Waals surface area contributed by atoms with Crippen LogP contribution in [0.4, 0.5) is 4.39 Å². The molecule has 2 N–H and O–H groups in total. The van der Waals surface area contributed by atoms with Crippen molar-refractivity contribution in [2.75, 3.05) is 20.2 Å². The van der Waals surface area contributed by atoms with Gasteiger partial charge >= 0.3 is 0 Å². The first-order valence-electron chi connectivity index (χ1n) is 10.3. The molecule has 32 heavy (non-hydrogen) atoms. The van der Waals surface area contributed by atoms with Gasteiger partial charge in [0.25, 0.3) is 11.8 Å². The number of likely N-dealkylation sites (N-methyl/N-ethyl adjacent to an activating group) is 1. The van der Waals surface area contributed by atoms with Gasteiger partial charge < -0.3 is 24.6 Å². The van der Waals surface area contributed by atoms with E-state index in [2.05, 4.69) is 5.32 Å². The molecule has 2 heterocycles. The number of halogens is 2. The van der Waals surface area contributed by atoms with Crippen molar-refractivity contribution < 1.29 is 23.8 Å². The SMILES string of the molecule is CCOC1CC2(C1)CN(C)C(=O)c1c(O)c(=O)c(C(=O)NCc3cccc(Cl)c3F)cn12. The monoisotopic (exact) mass is 463 g/mol. The van der Waals surface area contributed by atoms with Crippen LogP contribution in [0.2, 0.25) is 5.02 Å². The molecule has 0 radical (unpaired) electrons. The van der Waals surface area contributed by atoms with E-state index >= 15 is 0 Å². The van der Waals surface area contributed by atoms with Gasteiger partial charge in [-0.05, 0) is 25.8 Å². The Morgan fingerprint density at radius 2 is 2.09 bits per heavy atom. The lowest BCUT2D eigenvalue weighted by atomic mass is 9.72. The van der Waals surface area contributed by atoms with Gasteiger partial charge in [-0.15, -0.1) is 0 Å². The minimum atomic E-state index is -0.959. The number of nitrogens with zero attached hydrogens (tertiary/aromatic N) is 2. The Labute approximate surface area is 188 Å². The molecule has 4 rings (SSSR count). The van der Waals surface area contributed by atoms with E-state index in [-0.39, 0.29) is 34.5 Å². The molecule has 1 aromatic carbocycles. The number of fused-ring (bicyclic) bond motifs is 2. The van der Waals surface area contributed by atoms with E-state index in [0.717, 1.165) is 0 Å². The van der Waals surface area contributed by atoms with Gasteiger partial charge in [0.15, 0.2) is 11.4 Å². The Kier molecular flexibility index (Phi) is 5.72. The van der Waals surface area contributed by atoms with Gasteiger partial charge in [0.1, 0.15) is 11.4 Å². The van der Waals surface area contributed by atoms with Gasteiger partial charge in [-0.2, -0.15) is 0 Å². The molecule has 1 spiro atoms. The Balaban J connectivity index is 1.68. The van der Waals surface area contributed by atoms with E-state index in [9.17, 15) is 23.9 Å². The quantitative estimate of drug-likeness (QED) is 0.708. The number of carbonyl (C=O) groups is 2. The van der Waals surface area contributed by atoms with Gasteiger partial charge in [-0.25, -0.2) is 4.39 Å². The summed E-state index contributed by atoms with van der Waals surface area (Å²) in [6, 6.07) is 4.39. The van der Waals surface area contributed by atoms with E-state index in [0.29, 0.717) is 26.0 Å². The third kappa shape index (κ3) is 3.55. The highest BCUT2D eigenvalue weighted by atomic mass is 35.5. The van der Waals surface area contributed by atoms with E-state index < -0.39 is 34.3 Å². The molecule has 2 amide bonds. The minimum Gasteiger partial charge on any atom is -0.503 e. The lowest BCUT2D eigenvalue weighted by molar-refractivity contribution is -0.0825. The maximum absolute atomic E-state index is 14.1. The van der Waals surface area contributed by atoms with Crippen molar-refractivity contribution in [3.63, 3.8) is 0 Å². The zero-order valence-electron chi connectivity index (χ0n) is 17.7. The molecule has 1 saturated carbocycles. The fraction of sp³-hybridized carbons (Fsp3) is 0.409. The van der Waals surface area contributed by atoms with E-state index in [1.165, 1.54) is 27.8 Å². The van der Waals surface area contributed by atoms with Crippen molar-refractivity contribution >= 4 is 23.4 Å². The summed E-state index contributed by atoms with van der Waals surface area (Å²) in [6.07, 6.45) is 2.44. The van der Waals surface area contributed by atoms with Crippen LogP contribution in [0.25, 0.3) is 0 Å². The van der Waals surface area contributed by atoms with Crippen molar-refractivity contribution in [2.24, 2.45) is 0 Å². The van der Waals surface area contributed by atoms with Crippen molar-refractivity contribution in [3.8, 4) is 5.75 Å². The van der Waals surface area contributed by atoms with Crippen LogP contribution in [0.3, 0.4) is 0 Å². The lowest BCUT2D eigenvalue weighted by Crippen LogP contribution is -2.61. The molecule has 1 aliphatic heterocycles. The smallest absolute Gasteiger partial charge is 0.274 e. The maximum atomic E-state index is 14.1. The lowest BCUT2D eigenvalue weighted by Gasteiger charge is -2.53. The first-order valence-corrected chi connectivity index (χ1v) is 10.6. The predicted octanol–water partition coefficient (Wildman–Crippen LogP) is 2.26. The third-order valence-electron chi connectivity index (χ3n) is 6.11. The summed E-state index contributed by atoms with van der Waals surface area (Å²) in [5.74, 6) is -2.73.